The molecule has 0 bridgehead atoms. The van der Waals surface area contributed by atoms with Gasteiger partial charge in [-0.2, -0.15) is 0 Å². The Hall–Kier alpha value is 0.690. The molecule has 2 atom stereocenters. The Labute approximate surface area is 299 Å². The van der Waals surface area contributed by atoms with E-state index in [0.29, 0.717) is 0 Å². The van der Waals surface area contributed by atoms with Crippen LogP contribution in [0.2, 0.25) is 0 Å². The molecular weight excluding hydrogens is 653 g/mol. The molecule has 0 aromatic rings. The number of carbonyl (C=O) groups is 2. The molecule has 0 rings (SSSR count). The van der Waals surface area contributed by atoms with Crippen molar-refractivity contribution in [1.82, 2.24) is 0 Å². The van der Waals surface area contributed by atoms with Crippen LogP contribution in [0.5, 0.6) is 0 Å². The minimum Gasteiger partial charge on any atom is -0.369 e. The molecule has 0 fully saturated rings. The van der Waals surface area contributed by atoms with Gasteiger partial charge in [-0.3, -0.25) is 9.59 Å². The van der Waals surface area contributed by atoms with Crippen molar-refractivity contribution >= 4 is 62.9 Å². The maximum atomic E-state index is 11.9. The first-order valence-electron chi connectivity index (χ1n) is 18.9. The van der Waals surface area contributed by atoms with E-state index in [1.807, 2.05) is 0 Å². The van der Waals surface area contributed by atoms with E-state index in [9.17, 15) is 9.59 Å². The predicted molar refractivity (Wildman–Crippen MR) is 214 cm³/mol. The normalized spacial score (nSPS) is 12.8. The number of carbonyl (C=O) groups excluding carboxylic acids is 2. The molecule has 268 valence electrons. The Kier molecular flexibility index (Phi) is 38.1. The van der Waals surface area contributed by atoms with Crippen molar-refractivity contribution in [3.63, 3.8) is 0 Å². The van der Waals surface area contributed by atoms with Crippen LogP contribution >= 0.6 is 51.1 Å². The van der Waals surface area contributed by atoms with Crippen LogP contribution in [0, 0.1) is 0 Å². The lowest BCUT2D eigenvalue weighted by Crippen LogP contribution is -2.25. The highest BCUT2D eigenvalue weighted by Crippen LogP contribution is 2.51. The van der Waals surface area contributed by atoms with Gasteiger partial charge in [0.05, 0.1) is 10.5 Å². The Morgan fingerprint density at radius 2 is 0.600 bits per heavy atom. The van der Waals surface area contributed by atoms with Crippen LogP contribution in [0.25, 0.3) is 0 Å². The third kappa shape index (κ3) is 34.4. The fourth-order valence-corrected chi connectivity index (χ4v) is 15.3. The van der Waals surface area contributed by atoms with Crippen molar-refractivity contribution in [1.29, 1.82) is 0 Å². The van der Waals surface area contributed by atoms with E-state index < -0.39 is 0 Å². The van der Waals surface area contributed by atoms with Crippen molar-refractivity contribution in [2.24, 2.45) is 11.5 Å². The molecule has 0 saturated heterocycles. The third-order valence-electron chi connectivity index (χ3n) is 8.64. The van der Waals surface area contributed by atoms with Gasteiger partial charge in [-0.1, -0.05) is 215 Å². The molecule has 2 amide bonds. The fraction of sp³-hybridized carbons (Fsp3) is 0.944. The molecule has 0 saturated carbocycles. The molecule has 0 heterocycles. The van der Waals surface area contributed by atoms with Crippen LogP contribution in [0.4, 0.5) is 0 Å². The number of nitrogens with two attached hydrogens (primary N) is 2. The summed E-state index contributed by atoms with van der Waals surface area (Å²) in [4.78, 5) is 23.9. The van der Waals surface area contributed by atoms with Crippen molar-refractivity contribution < 1.29 is 9.59 Å². The Balaban J connectivity index is 3.69. The van der Waals surface area contributed by atoms with E-state index in [0.717, 1.165) is 25.7 Å². The van der Waals surface area contributed by atoms with Gasteiger partial charge >= 0.3 is 0 Å². The summed E-state index contributed by atoms with van der Waals surface area (Å²) >= 11 is 0. The summed E-state index contributed by atoms with van der Waals surface area (Å²) < 4.78 is 0. The molecule has 45 heavy (non-hydrogen) atoms. The maximum Gasteiger partial charge on any atom is 0.231 e. The van der Waals surface area contributed by atoms with Crippen LogP contribution in [0.15, 0.2) is 0 Å². The van der Waals surface area contributed by atoms with Crippen LogP contribution < -0.4 is 11.5 Å². The van der Waals surface area contributed by atoms with E-state index in [4.69, 9.17) is 11.5 Å². The molecule has 0 aliphatic rings. The number of rotatable bonds is 38. The standard InChI is InChI=1S/C36H72N2O2S5/c1-3-5-7-9-11-13-15-17-19-21-23-25-27-29-31-33(35(37)39)41-43-45-44-42-34(36(38)40)32-30-28-26-24-22-20-18-16-14-12-10-8-6-4-2/h33-34H,3-32H2,1-2H3,(H2,37,39)(H2,38,40). The maximum absolute atomic E-state index is 11.9. The molecule has 0 aliphatic carbocycles. The molecule has 0 aromatic heterocycles. The lowest BCUT2D eigenvalue weighted by molar-refractivity contribution is -0.118. The molecule has 9 heteroatoms. The molecule has 0 aliphatic heterocycles. The monoisotopic (exact) mass is 724 g/mol. The van der Waals surface area contributed by atoms with Gasteiger partial charge in [0.1, 0.15) is 0 Å². The van der Waals surface area contributed by atoms with Crippen molar-refractivity contribution in [2.75, 3.05) is 0 Å². The first kappa shape index (κ1) is 45.7. The van der Waals surface area contributed by atoms with Gasteiger partial charge in [0.15, 0.2) is 0 Å². The number of primary amides is 2. The summed E-state index contributed by atoms with van der Waals surface area (Å²) in [5, 5.41) is -0.291. The second kappa shape index (κ2) is 37.5. The van der Waals surface area contributed by atoms with Crippen LogP contribution in [0.1, 0.15) is 206 Å². The van der Waals surface area contributed by atoms with Gasteiger partial charge in [0.25, 0.3) is 0 Å². The second-order valence-corrected chi connectivity index (χ2v) is 20.9. The zero-order valence-electron chi connectivity index (χ0n) is 29.4. The number of hydrogen-bond acceptors (Lipinski definition) is 7. The van der Waals surface area contributed by atoms with Crippen LogP contribution in [0.3, 0.4) is 0 Å². The summed E-state index contributed by atoms with van der Waals surface area (Å²) in [7, 11) is 7.95. The van der Waals surface area contributed by atoms with Gasteiger partial charge in [-0.15, -0.1) is 0 Å². The number of unbranched alkanes of at least 4 members (excludes halogenated alkanes) is 26. The van der Waals surface area contributed by atoms with E-state index >= 15 is 0 Å². The van der Waals surface area contributed by atoms with Gasteiger partial charge in [-0.05, 0) is 42.3 Å². The molecule has 4 N–H and O–H groups in total. The van der Waals surface area contributed by atoms with E-state index in [-0.39, 0.29) is 22.3 Å². The van der Waals surface area contributed by atoms with Crippen molar-refractivity contribution in [3.05, 3.63) is 0 Å². The zero-order chi connectivity index (χ0) is 33.1. The van der Waals surface area contributed by atoms with Crippen molar-refractivity contribution in [3.8, 4) is 0 Å². The predicted octanol–water partition coefficient (Wildman–Crippen LogP) is 13.8. The highest BCUT2D eigenvalue weighted by Gasteiger charge is 2.19. The second-order valence-electron chi connectivity index (χ2n) is 12.9. The average molecular weight is 725 g/mol. The number of amides is 2. The molecule has 0 aromatic carbocycles. The minimum absolute atomic E-state index is 0.145. The van der Waals surface area contributed by atoms with Gasteiger partial charge < -0.3 is 11.5 Å². The first-order valence-corrected chi connectivity index (χ1v) is 25.2. The molecule has 2 unspecified atom stereocenters. The summed E-state index contributed by atoms with van der Waals surface area (Å²) in [6.45, 7) is 4.55. The minimum atomic E-state index is -0.215. The molecule has 0 radical (unpaired) electrons. The highest BCUT2D eigenvalue weighted by molar-refractivity contribution is 9.35. The lowest BCUT2D eigenvalue weighted by atomic mass is 10.0. The third-order valence-corrected chi connectivity index (χ3v) is 17.9. The topological polar surface area (TPSA) is 86.2 Å². The average Bonchev–Trinajstić information content (AvgIpc) is 3.02. The first-order chi connectivity index (χ1) is 22.0. The van der Waals surface area contributed by atoms with Crippen molar-refractivity contribution in [2.45, 2.75) is 217 Å². The van der Waals surface area contributed by atoms with Crippen LogP contribution in [-0.4, -0.2) is 22.3 Å². The largest absolute Gasteiger partial charge is 0.369 e. The SMILES string of the molecule is CCCCCCCCCCCCCCCCC(SSSSSC(CCCCCCCCCCCCCCCC)C(N)=O)C(N)=O. The summed E-state index contributed by atoms with van der Waals surface area (Å²) in [6.07, 6.45) is 39.1. The Morgan fingerprint density at radius 1 is 0.378 bits per heavy atom. The highest BCUT2D eigenvalue weighted by atomic mass is 33.8. The quantitative estimate of drug-likeness (QED) is 0.0484. The van der Waals surface area contributed by atoms with Gasteiger partial charge in [0, 0.05) is 0 Å². The smallest absolute Gasteiger partial charge is 0.231 e. The van der Waals surface area contributed by atoms with E-state index in [1.165, 1.54) is 167 Å². The summed E-state index contributed by atoms with van der Waals surface area (Å²) in [5.74, 6) is -0.429. The van der Waals surface area contributed by atoms with Gasteiger partial charge in [0.2, 0.25) is 11.8 Å². The van der Waals surface area contributed by atoms with Gasteiger partial charge in [-0.25, -0.2) is 0 Å². The fourth-order valence-electron chi connectivity index (χ4n) is 5.66. The molecular formula is C36H72N2O2S5. The Morgan fingerprint density at radius 3 is 0.822 bits per heavy atom. The van der Waals surface area contributed by atoms with Crippen LogP contribution in [-0.2, 0) is 9.59 Å². The zero-order valence-corrected chi connectivity index (χ0v) is 33.5. The van der Waals surface area contributed by atoms with E-state index in [2.05, 4.69) is 13.8 Å². The van der Waals surface area contributed by atoms with E-state index in [1.54, 1.807) is 51.1 Å². The number of hydrogen-bond donors (Lipinski definition) is 2. The summed E-state index contributed by atoms with van der Waals surface area (Å²) in [5.41, 5.74) is 11.4. The molecule has 0 spiro atoms. The lowest BCUT2D eigenvalue weighted by Gasteiger charge is -2.13. The molecule has 4 nitrogen and oxygen atoms in total. The Bertz CT molecular complexity index is 593. The summed E-state index contributed by atoms with van der Waals surface area (Å²) in [6, 6.07) is 0.